The molecular weight excluding hydrogens is 250 g/mol. The molecule has 5 heteroatoms. The maximum atomic E-state index is 10.6. The van der Waals surface area contributed by atoms with E-state index in [0.29, 0.717) is 11.5 Å². The minimum atomic E-state index is -1.05. The predicted molar refractivity (Wildman–Crippen MR) is 69.5 cm³/mol. The van der Waals surface area contributed by atoms with Crippen molar-refractivity contribution in [3.63, 3.8) is 0 Å². The summed E-state index contributed by atoms with van der Waals surface area (Å²) in [6, 6.07) is 10.6. The van der Waals surface area contributed by atoms with Crippen molar-refractivity contribution in [1.82, 2.24) is 4.98 Å². The number of carboxylic acids is 1. The number of benzene rings is 1. The second kappa shape index (κ2) is 5.55. The lowest BCUT2D eigenvalue weighted by atomic mass is 10.3. The van der Waals surface area contributed by atoms with Crippen molar-refractivity contribution in [3.05, 3.63) is 48.3 Å². The van der Waals surface area contributed by atoms with E-state index in [9.17, 15) is 4.79 Å². The van der Waals surface area contributed by atoms with Gasteiger partial charge in [-0.25, -0.2) is 9.78 Å². The molecule has 0 aliphatic carbocycles. The van der Waals surface area contributed by atoms with Gasteiger partial charge in [-0.15, -0.1) is 11.8 Å². The van der Waals surface area contributed by atoms with Gasteiger partial charge in [0.1, 0.15) is 17.2 Å². The Morgan fingerprint density at radius 1 is 1.17 bits per heavy atom. The molecule has 0 saturated heterocycles. The largest absolute Gasteiger partial charge is 0.477 e. The average Bonchev–Trinajstić information content (AvgIpc) is 2.40. The van der Waals surface area contributed by atoms with Crippen LogP contribution < -0.4 is 4.74 Å². The number of nitrogens with zero attached hydrogens (tertiary/aromatic N) is 1. The number of carbonyl (C=O) groups is 1. The highest BCUT2D eigenvalue weighted by molar-refractivity contribution is 7.98. The van der Waals surface area contributed by atoms with Crippen molar-refractivity contribution in [2.75, 3.05) is 6.26 Å². The zero-order valence-electron chi connectivity index (χ0n) is 9.66. The molecule has 4 nitrogen and oxygen atoms in total. The maximum absolute atomic E-state index is 10.6. The van der Waals surface area contributed by atoms with E-state index in [4.69, 9.17) is 9.84 Å². The van der Waals surface area contributed by atoms with E-state index >= 15 is 0 Å². The Labute approximate surface area is 109 Å². The van der Waals surface area contributed by atoms with E-state index in [1.54, 1.807) is 17.8 Å². The second-order valence-electron chi connectivity index (χ2n) is 3.46. The lowest BCUT2D eigenvalue weighted by Crippen LogP contribution is -1.99. The fourth-order valence-corrected chi connectivity index (χ4v) is 1.76. The molecule has 18 heavy (non-hydrogen) atoms. The number of rotatable bonds is 4. The Morgan fingerprint density at radius 3 is 2.33 bits per heavy atom. The summed E-state index contributed by atoms with van der Waals surface area (Å²) in [7, 11) is 0. The predicted octanol–water partition coefficient (Wildman–Crippen LogP) is 3.29. The molecular formula is C13H11NO3S. The first-order valence-electron chi connectivity index (χ1n) is 5.20. The number of hydrogen-bond donors (Lipinski definition) is 1. The fraction of sp³-hybridized carbons (Fsp3) is 0.0769. The van der Waals surface area contributed by atoms with Gasteiger partial charge in [-0.2, -0.15) is 0 Å². The molecule has 0 saturated carbocycles. The van der Waals surface area contributed by atoms with E-state index in [1.165, 1.54) is 12.3 Å². The van der Waals surface area contributed by atoms with Gasteiger partial charge in [0.25, 0.3) is 0 Å². The number of ether oxygens (including phenoxy) is 1. The van der Waals surface area contributed by atoms with Gasteiger partial charge in [-0.3, -0.25) is 0 Å². The summed E-state index contributed by atoms with van der Waals surface area (Å²) in [5.74, 6) is 0.153. The Balaban J connectivity index is 2.10. The summed E-state index contributed by atoms with van der Waals surface area (Å²) < 4.78 is 5.55. The average molecular weight is 261 g/mol. The van der Waals surface area contributed by atoms with Gasteiger partial charge in [0.15, 0.2) is 0 Å². The molecule has 0 atom stereocenters. The van der Waals surface area contributed by atoms with Gasteiger partial charge >= 0.3 is 5.97 Å². The highest BCUT2D eigenvalue weighted by Gasteiger charge is 2.04. The lowest BCUT2D eigenvalue weighted by molar-refractivity contribution is 0.0690. The normalized spacial score (nSPS) is 10.1. The van der Waals surface area contributed by atoms with Crippen LogP contribution in [0.25, 0.3) is 0 Å². The molecule has 0 aliphatic heterocycles. The van der Waals surface area contributed by atoms with Crippen molar-refractivity contribution in [2.45, 2.75) is 4.90 Å². The fourth-order valence-electron chi connectivity index (χ4n) is 1.35. The van der Waals surface area contributed by atoms with E-state index < -0.39 is 5.97 Å². The summed E-state index contributed by atoms with van der Waals surface area (Å²) in [5, 5.41) is 8.72. The second-order valence-corrected chi connectivity index (χ2v) is 4.34. The molecule has 0 unspecified atom stereocenters. The Kier molecular flexibility index (Phi) is 3.84. The molecule has 2 rings (SSSR count). The monoisotopic (exact) mass is 261 g/mol. The highest BCUT2D eigenvalue weighted by atomic mass is 32.2. The van der Waals surface area contributed by atoms with Crippen molar-refractivity contribution < 1.29 is 14.6 Å². The zero-order chi connectivity index (χ0) is 13.0. The molecule has 1 N–H and O–H groups in total. The summed E-state index contributed by atoms with van der Waals surface area (Å²) in [4.78, 5) is 15.6. The first kappa shape index (κ1) is 12.4. The van der Waals surface area contributed by atoms with Crippen LogP contribution in [0.3, 0.4) is 0 Å². The van der Waals surface area contributed by atoms with Crippen molar-refractivity contribution >= 4 is 17.7 Å². The van der Waals surface area contributed by atoms with E-state index in [1.807, 2.05) is 30.5 Å². The third-order valence-corrected chi connectivity index (χ3v) is 2.99. The van der Waals surface area contributed by atoms with E-state index in [2.05, 4.69) is 4.98 Å². The van der Waals surface area contributed by atoms with Gasteiger partial charge in [0.2, 0.25) is 0 Å². The van der Waals surface area contributed by atoms with Gasteiger partial charge in [0, 0.05) is 4.90 Å². The van der Waals surface area contributed by atoms with E-state index in [0.717, 1.165) is 4.90 Å². The SMILES string of the molecule is CSc1ccc(Oc2ccc(C(=O)O)nc2)cc1. The summed E-state index contributed by atoms with van der Waals surface area (Å²) in [6.07, 6.45) is 3.40. The number of aromatic carboxylic acids is 1. The van der Waals surface area contributed by atoms with Gasteiger partial charge in [0.05, 0.1) is 6.20 Å². The van der Waals surface area contributed by atoms with Gasteiger partial charge in [-0.05, 0) is 42.7 Å². The minimum absolute atomic E-state index is 0.0000749. The molecule has 0 spiro atoms. The molecule has 1 aromatic heterocycles. The van der Waals surface area contributed by atoms with Crippen molar-refractivity contribution in [2.24, 2.45) is 0 Å². The Bertz CT molecular complexity index is 537. The third-order valence-electron chi connectivity index (χ3n) is 2.25. The van der Waals surface area contributed by atoms with Crippen LogP contribution in [-0.4, -0.2) is 22.3 Å². The van der Waals surface area contributed by atoms with Gasteiger partial charge in [-0.1, -0.05) is 0 Å². The summed E-state index contributed by atoms with van der Waals surface area (Å²) >= 11 is 1.66. The third kappa shape index (κ3) is 3.01. The number of aromatic nitrogens is 1. The van der Waals surface area contributed by atoms with Crippen LogP contribution in [0, 0.1) is 0 Å². The first-order chi connectivity index (χ1) is 8.69. The van der Waals surface area contributed by atoms with Crippen LogP contribution in [0.5, 0.6) is 11.5 Å². The topological polar surface area (TPSA) is 59.4 Å². The first-order valence-corrected chi connectivity index (χ1v) is 6.43. The standard InChI is InChI=1S/C13H11NO3S/c1-18-11-5-2-9(3-6-11)17-10-4-7-12(13(15)16)14-8-10/h2-8H,1H3,(H,15,16). The number of hydrogen-bond acceptors (Lipinski definition) is 4. The minimum Gasteiger partial charge on any atom is -0.477 e. The smallest absolute Gasteiger partial charge is 0.354 e. The van der Waals surface area contributed by atoms with Crippen LogP contribution in [0.15, 0.2) is 47.5 Å². The quantitative estimate of drug-likeness (QED) is 0.856. The molecule has 0 fully saturated rings. The molecule has 0 radical (unpaired) electrons. The van der Waals surface area contributed by atoms with Crippen LogP contribution in [0.4, 0.5) is 0 Å². The molecule has 0 bridgehead atoms. The van der Waals surface area contributed by atoms with Crippen molar-refractivity contribution in [1.29, 1.82) is 0 Å². The highest BCUT2D eigenvalue weighted by Crippen LogP contribution is 2.23. The summed E-state index contributed by atoms with van der Waals surface area (Å²) in [6.45, 7) is 0. The van der Waals surface area contributed by atoms with Crippen molar-refractivity contribution in [3.8, 4) is 11.5 Å². The van der Waals surface area contributed by atoms with Crippen LogP contribution in [0.1, 0.15) is 10.5 Å². The van der Waals surface area contributed by atoms with Crippen LogP contribution >= 0.6 is 11.8 Å². The number of carboxylic acid groups (broad SMARTS) is 1. The van der Waals surface area contributed by atoms with Gasteiger partial charge < -0.3 is 9.84 Å². The molecule has 2 aromatic rings. The Morgan fingerprint density at radius 2 is 1.83 bits per heavy atom. The molecule has 1 aromatic carbocycles. The lowest BCUT2D eigenvalue weighted by Gasteiger charge is -2.05. The summed E-state index contributed by atoms with van der Waals surface area (Å²) in [5.41, 5.74) is 0.0000749. The van der Waals surface area contributed by atoms with Crippen LogP contribution in [-0.2, 0) is 0 Å². The molecule has 0 amide bonds. The van der Waals surface area contributed by atoms with E-state index in [-0.39, 0.29) is 5.69 Å². The maximum Gasteiger partial charge on any atom is 0.354 e. The van der Waals surface area contributed by atoms with Crippen LogP contribution in [0.2, 0.25) is 0 Å². The molecule has 92 valence electrons. The Hall–Kier alpha value is -2.01. The number of thioether (sulfide) groups is 1. The zero-order valence-corrected chi connectivity index (χ0v) is 10.5. The molecule has 1 heterocycles. The number of pyridine rings is 1. The molecule has 0 aliphatic rings.